The first-order valence-corrected chi connectivity index (χ1v) is 15.5. The van der Waals surface area contributed by atoms with Crippen molar-refractivity contribution in [2.75, 3.05) is 0 Å². The molecule has 15 heteroatoms. The fraction of sp³-hybridized carbons (Fsp3) is 0.654. The second-order valence-electron chi connectivity index (χ2n) is 12.8. The zero-order valence-corrected chi connectivity index (χ0v) is 25.1. The average Bonchev–Trinajstić information content (AvgIpc) is 3.57. The highest BCUT2D eigenvalue weighted by molar-refractivity contribution is 14.1. The van der Waals surface area contributed by atoms with Crippen LogP contribution < -0.4 is 0 Å². The number of fused-ring (bicyclic) bond motifs is 1. The number of hydrogen-bond donors (Lipinski definition) is 3. The average molecular weight is 706 g/mol. The molecule has 4 aliphatic heterocycles. The number of aliphatic hydroxyl groups excluding tert-OH is 2. The topological polar surface area (TPSA) is 192 Å². The third-order valence-electron chi connectivity index (χ3n) is 10.3. The van der Waals surface area contributed by atoms with Crippen LogP contribution in [0.4, 0.5) is 0 Å². The summed E-state index contributed by atoms with van der Waals surface area (Å²) in [6, 6.07) is 5.79. The van der Waals surface area contributed by atoms with E-state index in [0.29, 0.717) is 0 Å². The summed E-state index contributed by atoms with van der Waals surface area (Å²) in [6.45, 7) is 6.39. The second kappa shape index (κ2) is 7.78. The maximum absolute atomic E-state index is 14.0. The monoisotopic (exact) mass is 706 g/mol. The number of esters is 3. The van der Waals surface area contributed by atoms with Crippen LogP contribution in [0.1, 0.15) is 27.7 Å². The summed E-state index contributed by atoms with van der Waals surface area (Å²) in [5.41, 5.74) is -10.4. The van der Waals surface area contributed by atoms with Gasteiger partial charge in [-0.3, -0.25) is 8.98 Å². The Morgan fingerprint density at radius 1 is 0.976 bits per heavy atom. The van der Waals surface area contributed by atoms with Crippen molar-refractivity contribution in [2.24, 2.45) is 28.1 Å². The Bertz CT molecular complexity index is 1520. The Morgan fingerprint density at radius 3 is 2.22 bits per heavy atom. The zero-order chi connectivity index (χ0) is 29.9. The molecular formula is C26H27IO13S. The van der Waals surface area contributed by atoms with E-state index < -0.39 is 104 Å². The summed E-state index contributed by atoms with van der Waals surface area (Å²) in [7, 11) is -4.57. The van der Waals surface area contributed by atoms with Gasteiger partial charge < -0.3 is 34.3 Å². The molecule has 2 saturated carbocycles. The molecular weight excluding hydrogens is 679 g/mol. The Labute approximate surface area is 247 Å². The van der Waals surface area contributed by atoms with E-state index in [1.807, 2.05) is 22.6 Å². The molecule has 1 aromatic rings. The van der Waals surface area contributed by atoms with Gasteiger partial charge in [0.2, 0.25) is 11.9 Å². The number of benzene rings is 1. The molecule has 3 N–H and O–H groups in total. The van der Waals surface area contributed by atoms with Crippen LogP contribution in [0.5, 0.6) is 0 Å². The summed E-state index contributed by atoms with van der Waals surface area (Å²) in [5.74, 6) is -5.87. The summed E-state index contributed by atoms with van der Waals surface area (Å²) >= 11 is 2.01. The molecule has 2 spiro atoms. The van der Waals surface area contributed by atoms with Gasteiger partial charge in [-0.25, -0.2) is 9.59 Å². The van der Waals surface area contributed by atoms with Gasteiger partial charge in [0.1, 0.15) is 18.3 Å². The predicted octanol–water partition coefficient (Wildman–Crippen LogP) is -0.381. The molecule has 0 amide bonds. The highest BCUT2D eigenvalue weighted by Gasteiger charge is 3.05. The van der Waals surface area contributed by atoms with Crippen LogP contribution in [0.2, 0.25) is 0 Å². The molecule has 2 aliphatic carbocycles. The number of halogens is 1. The van der Waals surface area contributed by atoms with Gasteiger partial charge in [-0.05, 0) is 59.2 Å². The lowest BCUT2D eigenvalue weighted by Gasteiger charge is -2.47. The van der Waals surface area contributed by atoms with E-state index in [0.717, 1.165) is 3.57 Å². The maximum Gasteiger partial charge on any atom is 0.343 e. The van der Waals surface area contributed by atoms with E-state index in [2.05, 4.69) is 0 Å². The Morgan fingerprint density at radius 2 is 1.61 bits per heavy atom. The van der Waals surface area contributed by atoms with Crippen LogP contribution in [0, 0.1) is 31.7 Å². The third kappa shape index (κ3) is 2.64. The first-order valence-electron chi connectivity index (χ1n) is 13.0. The normalized spacial score (nSPS) is 49.3. The molecule has 4 saturated heterocycles. The molecule has 4 unspecified atom stereocenters. The van der Waals surface area contributed by atoms with Gasteiger partial charge in [0.25, 0.3) is 10.1 Å². The largest absolute Gasteiger partial charge is 0.456 e. The van der Waals surface area contributed by atoms with Crippen molar-refractivity contribution in [2.45, 2.75) is 80.6 Å². The molecule has 4 heterocycles. The molecule has 12 atom stereocenters. The van der Waals surface area contributed by atoms with Crippen LogP contribution in [0.15, 0.2) is 29.2 Å². The predicted molar refractivity (Wildman–Crippen MR) is 139 cm³/mol. The van der Waals surface area contributed by atoms with Crippen molar-refractivity contribution in [1.29, 1.82) is 0 Å². The van der Waals surface area contributed by atoms with Crippen LogP contribution in [0.25, 0.3) is 0 Å². The van der Waals surface area contributed by atoms with Crippen molar-refractivity contribution < 1.29 is 61.3 Å². The number of carbonyl (C=O) groups excluding carboxylic acids is 3. The van der Waals surface area contributed by atoms with Gasteiger partial charge in [0, 0.05) is 9.49 Å². The molecule has 6 fully saturated rings. The van der Waals surface area contributed by atoms with Gasteiger partial charge in [0.05, 0.1) is 21.6 Å². The molecule has 222 valence electrons. The standard InChI is InChI=1S/C26H27IO13S/c1-9-18(30)36-17-14(28)24-16-12(40-41(34,35)11-7-5-10(27)6-8-11)13(22(2,3)4)23(24)15(29)19(31)38-21(23)39-26(24,20(32)37-16)25(9,17)33/h5-9,12-17,21,28-29,33H,1-4H3/t9-,12-,13+,14+,15+,16?,17+,21?,23?,24?,25-,26+/m1/s1. The van der Waals surface area contributed by atoms with Gasteiger partial charge in [-0.15, -0.1) is 0 Å². The van der Waals surface area contributed by atoms with Crippen molar-refractivity contribution >= 4 is 50.6 Å². The number of rotatable bonds is 3. The quantitative estimate of drug-likeness (QED) is 0.160. The lowest BCUT2D eigenvalue weighted by molar-refractivity contribution is -0.240. The van der Waals surface area contributed by atoms with Gasteiger partial charge >= 0.3 is 17.9 Å². The van der Waals surface area contributed by atoms with E-state index >= 15 is 0 Å². The first-order chi connectivity index (χ1) is 19.0. The first kappa shape index (κ1) is 27.9. The van der Waals surface area contributed by atoms with E-state index in [1.54, 1.807) is 32.9 Å². The minimum Gasteiger partial charge on any atom is -0.456 e. The maximum atomic E-state index is 14.0. The number of ether oxygens (including phenoxy) is 4. The molecule has 0 bridgehead atoms. The van der Waals surface area contributed by atoms with Crippen molar-refractivity contribution in [3.63, 3.8) is 0 Å². The number of hydrogen-bond acceptors (Lipinski definition) is 13. The summed E-state index contributed by atoms with van der Waals surface area (Å²) in [6.07, 6.45) is -10.8. The zero-order valence-electron chi connectivity index (χ0n) is 22.1. The minimum atomic E-state index is -4.57. The Hall–Kier alpha value is -1.89. The van der Waals surface area contributed by atoms with Crippen LogP contribution in [-0.4, -0.2) is 89.7 Å². The lowest BCUT2D eigenvalue weighted by atomic mass is 9.51. The highest BCUT2D eigenvalue weighted by Crippen LogP contribution is 2.84. The van der Waals surface area contributed by atoms with E-state index in [-0.39, 0.29) is 4.90 Å². The van der Waals surface area contributed by atoms with Gasteiger partial charge in [-0.2, -0.15) is 8.42 Å². The van der Waals surface area contributed by atoms with Crippen LogP contribution in [-0.2, 0) is 47.6 Å². The fourth-order valence-corrected chi connectivity index (χ4v) is 10.6. The SMILES string of the molecule is C[C@@H]1C(=O)O[C@H]2[C@H](O)C34C5OC(=O)[C@@]3(OC3OC(=O)[C@H](O)C34[C@H](C(C)(C)C)[C@H]5OS(=O)(=O)c3ccc(I)cc3)[C@@]12O. The Balaban J connectivity index is 1.52. The van der Waals surface area contributed by atoms with E-state index in [1.165, 1.54) is 19.1 Å². The summed E-state index contributed by atoms with van der Waals surface area (Å²) < 4.78 is 56.8. The summed E-state index contributed by atoms with van der Waals surface area (Å²) in [5, 5.41) is 36.0. The molecule has 0 aromatic heterocycles. The molecule has 0 radical (unpaired) electrons. The van der Waals surface area contributed by atoms with Crippen molar-refractivity contribution in [3.05, 3.63) is 27.8 Å². The van der Waals surface area contributed by atoms with Gasteiger partial charge in [0.15, 0.2) is 17.8 Å². The molecule has 6 aliphatic rings. The van der Waals surface area contributed by atoms with Crippen LogP contribution >= 0.6 is 22.6 Å². The Kier molecular flexibility index (Phi) is 5.30. The van der Waals surface area contributed by atoms with Gasteiger partial charge in [-0.1, -0.05) is 20.8 Å². The molecule has 1 aromatic carbocycles. The van der Waals surface area contributed by atoms with Crippen molar-refractivity contribution in [1.82, 2.24) is 0 Å². The third-order valence-corrected chi connectivity index (χ3v) is 12.3. The number of carbonyl (C=O) groups is 3. The summed E-state index contributed by atoms with van der Waals surface area (Å²) in [4.78, 5) is 39.5. The van der Waals surface area contributed by atoms with E-state index in [9.17, 15) is 38.1 Å². The molecule has 7 rings (SSSR count). The highest BCUT2D eigenvalue weighted by atomic mass is 127. The van der Waals surface area contributed by atoms with Crippen molar-refractivity contribution in [3.8, 4) is 0 Å². The fourth-order valence-electron chi connectivity index (χ4n) is 9.13. The van der Waals surface area contributed by atoms with Crippen LogP contribution in [0.3, 0.4) is 0 Å². The lowest BCUT2D eigenvalue weighted by Crippen LogP contribution is -2.67. The van der Waals surface area contributed by atoms with E-state index in [4.69, 9.17) is 23.1 Å². The molecule has 41 heavy (non-hydrogen) atoms. The minimum absolute atomic E-state index is 0.203. The smallest absolute Gasteiger partial charge is 0.343 e. The number of aliphatic hydroxyl groups is 3. The molecule has 13 nitrogen and oxygen atoms in total. The second-order valence-corrected chi connectivity index (χ2v) is 15.6.